The Labute approximate surface area is 118 Å². The van der Waals surface area contributed by atoms with E-state index in [0.29, 0.717) is 0 Å². The third kappa shape index (κ3) is 5.65. The summed E-state index contributed by atoms with van der Waals surface area (Å²) in [6.07, 6.45) is 0. The molecule has 0 unspecified atom stereocenters. The van der Waals surface area contributed by atoms with Crippen molar-refractivity contribution in [2.24, 2.45) is 5.41 Å². The number of hydrogen-bond donors (Lipinski definition) is 1. The van der Waals surface area contributed by atoms with Crippen LogP contribution in [0.25, 0.3) is 0 Å². The van der Waals surface area contributed by atoms with Crippen molar-refractivity contribution in [3.8, 4) is 5.75 Å². The Balaban J connectivity index is 2.63. The van der Waals surface area contributed by atoms with Crippen LogP contribution in [-0.2, 0) is 5.41 Å². The zero-order chi connectivity index (χ0) is 14.5. The molecule has 108 valence electrons. The van der Waals surface area contributed by atoms with Gasteiger partial charge in [0.15, 0.2) is 0 Å². The predicted octanol–water partition coefficient (Wildman–Crippen LogP) is 4.00. The summed E-state index contributed by atoms with van der Waals surface area (Å²) in [5.41, 5.74) is 1.63. The molecule has 0 aromatic heterocycles. The minimum atomic E-state index is 0.147. The fourth-order valence-corrected chi connectivity index (χ4v) is 1.85. The van der Waals surface area contributed by atoms with Crippen molar-refractivity contribution >= 4 is 0 Å². The Morgan fingerprint density at radius 2 is 1.79 bits per heavy atom. The molecule has 0 saturated carbocycles. The number of hydrogen-bond acceptors (Lipinski definition) is 2. The Hall–Kier alpha value is -1.02. The van der Waals surface area contributed by atoms with Crippen LogP contribution in [0.4, 0.5) is 0 Å². The normalized spacial score (nSPS) is 12.5. The molecule has 2 heteroatoms. The Morgan fingerprint density at radius 3 is 2.37 bits per heavy atom. The molecule has 19 heavy (non-hydrogen) atoms. The smallest absolute Gasteiger partial charge is 0.119 e. The van der Waals surface area contributed by atoms with Gasteiger partial charge in [-0.15, -0.1) is 0 Å². The molecular weight excluding hydrogens is 234 g/mol. The van der Waals surface area contributed by atoms with Crippen molar-refractivity contribution < 1.29 is 4.74 Å². The van der Waals surface area contributed by atoms with Crippen LogP contribution in [0.5, 0.6) is 5.75 Å². The summed E-state index contributed by atoms with van der Waals surface area (Å²) in [7, 11) is 0. The molecule has 1 aromatic rings. The molecule has 0 atom stereocenters. The van der Waals surface area contributed by atoms with Gasteiger partial charge in [-0.05, 0) is 29.7 Å². The van der Waals surface area contributed by atoms with E-state index in [-0.39, 0.29) is 10.8 Å². The molecule has 1 rings (SSSR count). The van der Waals surface area contributed by atoms with Crippen LogP contribution in [0.3, 0.4) is 0 Å². The highest BCUT2D eigenvalue weighted by Crippen LogP contribution is 2.26. The first kappa shape index (κ1) is 16.0. The maximum absolute atomic E-state index is 5.96. The van der Waals surface area contributed by atoms with E-state index >= 15 is 0 Å². The lowest BCUT2D eigenvalue weighted by Crippen LogP contribution is -2.34. The fourth-order valence-electron chi connectivity index (χ4n) is 1.85. The van der Waals surface area contributed by atoms with E-state index in [2.05, 4.69) is 65.1 Å². The van der Waals surface area contributed by atoms with Crippen LogP contribution >= 0.6 is 0 Å². The second kappa shape index (κ2) is 6.42. The van der Waals surface area contributed by atoms with E-state index in [9.17, 15) is 0 Å². The van der Waals surface area contributed by atoms with Crippen molar-refractivity contribution in [2.75, 3.05) is 19.7 Å². The van der Waals surface area contributed by atoms with Gasteiger partial charge in [0.25, 0.3) is 0 Å². The van der Waals surface area contributed by atoms with Crippen molar-refractivity contribution in [3.05, 3.63) is 29.8 Å². The molecule has 0 amide bonds. The van der Waals surface area contributed by atoms with Gasteiger partial charge in [0.1, 0.15) is 5.75 Å². The minimum Gasteiger partial charge on any atom is -0.493 e. The molecular formula is C17H29NO. The van der Waals surface area contributed by atoms with Crippen LogP contribution in [0.2, 0.25) is 0 Å². The average Bonchev–Trinajstić information content (AvgIpc) is 2.34. The Morgan fingerprint density at radius 1 is 1.11 bits per heavy atom. The average molecular weight is 263 g/mol. The summed E-state index contributed by atoms with van der Waals surface area (Å²) >= 11 is 0. The third-order valence-corrected chi connectivity index (χ3v) is 3.18. The van der Waals surface area contributed by atoms with Crippen LogP contribution in [-0.4, -0.2) is 19.7 Å². The first-order chi connectivity index (χ1) is 8.74. The highest BCUT2D eigenvalue weighted by atomic mass is 16.5. The molecule has 0 aliphatic rings. The molecule has 1 aromatic carbocycles. The predicted molar refractivity (Wildman–Crippen MR) is 83.0 cm³/mol. The van der Waals surface area contributed by atoms with Crippen LogP contribution in [0, 0.1) is 5.41 Å². The summed E-state index contributed by atoms with van der Waals surface area (Å²) < 4.78 is 5.96. The van der Waals surface area contributed by atoms with E-state index < -0.39 is 0 Å². The van der Waals surface area contributed by atoms with Gasteiger partial charge in [0, 0.05) is 12.0 Å². The van der Waals surface area contributed by atoms with Gasteiger partial charge in [-0.3, -0.25) is 0 Å². The summed E-state index contributed by atoms with van der Waals surface area (Å²) in [5.74, 6) is 0.969. The van der Waals surface area contributed by atoms with E-state index in [4.69, 9.17) is 4.74 Å². The van der Waals surface area contributed by atoms with Crippen molar-refractivity contribution in [1.82, 2.24) is 5.32 Å². The molecule has 0 aliphatic carbocycles. The first-order valence-corrected chi connectivity index (χ1v) is 7.19. The molecule has 0 bridgehead atoms. The van der Waals surface area contributed by atoms with E-state index in [1.165, 1.54) is 5.56 Å². The zero-order valence-corrected chi connectivity index (χ0v) is 13.3. The van der Waals surface area contributed by atoms with Crippen LogP contribution < -0.4 is 10.1 Å². The lowest BCUT2D eigenvalue weighted by Gasteiger charge is -2.26. The molecule has 0 saturated heterocycles. The SMILES string of the molecule is CCNCC(C)(C)COc1cccc(C(C)(C)C)c1. The lowest BCUT2D eigenvalue weighted by molar-refractivity contribution is 0.177. The van der Waals surface area contributed by atoms with Crippen LogP contribution in [0.1, 0.15) is 47.1 Å². The maximum Gasteiger partial charge on any atom is 0.119 e. The number of nitrogens with one attached hydrogen (secondary N) is 1. The molecule has 0 spiro atoms. The van der Waals surface area contributed by atoms with Crippen molar-refractivity contribution in [1.29, 1.82) is 0 Å². The van der Waals surface area contributed by atoms with Crippen LogP contribution in [0.15, 0.2) is 24.3 Å². The highest BCUT2D eigenvalue weighted by Gasteiger charge is 2.19. The molecule has 0 fully saturated rings. The monoisotopic (exact) mass is 263 g/mol. The lowest BCUT2D eigenvalue weighted by atomic mass is 9.87. The minimum absolute atomic E-state index is 0.147. The summed E-state index contributed by atoms with van der Waals surface area (Å²) in [5, 5.41) is 3.38. The number of ether oxygens (including phenoxy) is 1. The Kier molecular flexibility index (Phi) is 5.42. The van der Waals surface area contributed by atoms with E-state index in [1.807, 2.05) is 6.07 Å². The zero-order valence-electron chi connectivity index (χ0n) is 13.3. The summed E-state index contributed by atoms with van der Waals surface area (Å²) in [6.45, 7) is 16.0. The largest absolute Gasteiger partial charge is 0.493 e. The van der Waals surface area contributed by atoms with Gasteiger partial charge in [0.05, 0.1) is 6.61 Å². The van der Waals surface area contributed by atoms with Gasteiger partial charge < -0.3 is 10.1 Å². The van der Waals surface area contributed by atoms with E-state index in [1.54, 1.807) is 0 Å². The number of benzene rings is 1. The maximum atomic E-state index is 5.96. The molecule has 0 radical (unpaired) electrons. The Bertz CT molecular complexity index is 390. The summed E-state index contributed by atoms with van der Waals surface area (Å²) in [6, 6.07) is 8.44. The molecule has 0 aliphatic heterocycles. The van der Waals surface area contributed by atoms with Crippen molar-refractivity contribution in [3.63, 3.8) is 0 Å². The second-order valence-corrected chi connectivity index (χ2v) is 7.01. The van der Waals surface area contributed by atoms with Gasteiger partial charge in [-0.25, -0.2) is 0 Å². The van der Waals surface area contributed by atoms with Gasteiger partial charge >= 0.3 is 0 Å². The van der Waals surface area contributed by atoms with Gasteiger partial charge in [-0.2, -0.15) is 0 Å². The first-order valence-electron chi connectivity index (χ1n) is 7.19. The third-order valence-electron chi connectivity index (χ3n) is 3.18. The summed E-state index contributed by atoms with van der Waals surface area (Å²) in [4.78, 5) is 0. The second-order valence-electron chi connectivity index (χ2n) is 7.01. The van der Waals surface area contributed by atoms with Gasteiger partial charge in [-0.1, -0.05) is 53.7 Å². The molecule has 1 N–H and O–H groups in total. The molecule has 0 heterocycles. The standard InChI is InChI=1S/C17H29NO/c1-7-18-12-17(5,6)13-19-15-10-8-9-14(11-15)16(2,3)4/h8-11,18H,7,12-13H2,1-6H3. The number of rotatable bonds is 6. The molecule has 2 nitrogen and oxygen atoms in total. The van der Waals surface area contributed by atoms with E-state index in [0.717, 1.165) is 25.4 Å². The van der Waals surface area contributed by atoms with Gasteiger partial charge in [0.2, 0.25) is 0 Å². The quantitative estimate of drug-likeness (QED) is 0.837. The topological polar surface area (TPSA) is 21.3 Å². The highest BCUT2D eigenvalue weighted by molar-refractivity contribution is 5.32. The fraction of sp³-hybridized carbons (Fsp3) is 0.647. The van der Waals surface area contributed by atoms with Crippen molar-refractivity contribution in [2.45, 2.75) is 47.0 Å².